The van der Waals surface area contributed by atoms with E-state index in [2.05, 4.69) is 10.2 Å². The van der Waals surface area contributed by atoms with Gasteiger partial charge in [-0.2, -0.15) is 5.11 Å². The number of benzene rings is 3. The van der Waals surface area contributed by atoms with E-state index in [1.165, 1.54) is 0 Å². The molecule has 22 heavy (non-hydrogen) atoms. The fourth-order valence-corrected chi connectivity index (χ4v) is 2.25. The summed E-state index contributed by atoms with van der Waals surface area (Å²) in [7, 11) is 0. The maximum absolute atomic E-state index is 11.7. The quantitative estimate of drug-likeness (QED) is 0.713. The highest BCUT2D eigenvalue weighted by Gasteiger charge is 2.16. The largest absolute Gasteiger partial charge is 0.505 e. The highest BCUT2D eigenvalue weighted by Crippen LogP contribution is 2.37. The second-order valence-corrected chi connectivity index (χ2v) is 4.74. The Morgan fingerprint density at radius 2 is 1.64 bits per heavy atom. The summed E-state index contributed by atoms with van der Waals surface area (Å²) in [6.07, 6.45) is 0. The van der Waals surface area contributed by atoms with E-state index in [4.69, 9.17) is 5.73 Å². The third-order valence-corrected chi connectivity index (χ3v) is 3.28. The highest BCUT2D eigenvalue weighted by molar-refractivity contribution is 6.10. The Hall–Kier alpha value is -3.21. The van der Waals surface area contributed by atoms with E-state index >= 15 is 0 Å². The van der Waals surface area contributed by atoms with Crippen LogP contribution in [0.3, 0.4) is 0 Å². The van der Waals surface area contributed by atoms with Crippen LogP contribution in [-0.2, 0) is 0 Å². The number of nitrogens with two attached hydrogens (primary N) is 1. The summed E-state index contributed by atoms with van der Waals surface area (Å²) in [5.41, 5.74) is 6.30. The van der Waals surface area contributed by atoms with E-state index in [9.17, 15) is 9.90 Å². The average Bonchev–Trinajstić information content (AvgIpc) is 2.53. The SMILES string of the molecule is NC(=O)c1c(O)c(N=Nc2ccccc2)cc2ccccc12. The maximum Gasteiger partial charge on any atom is 0.253 e. The lowest BCUT2D eigenvalue weighted by atomic mass is 10.0. The van der Waals surface area contributed by atoms with Crippen molar-refractivity contribution in [2.75, 3.05) is 0 Å². The summed E-state index contributed by atoms with van der Waals surface area (Å²) in [5, 5.41) is 19.7. The van der Waals surface area contributed by atoms with Gasteiger partial charge in [-0.05, 0) is 29.0 Å². The molecule has 108 valence electrons. The molecule has 0 aromatic heterocycles. The summed E-state index contributed by atoms with van der Waals surface area (Å²) >= 11 is 0. The molecule has 0 saturated carbocycles. The maximum atomic E-state index is 11.7. The predicted molar refractivity (Wildman–Crippen MR) is 84.7 cm³/mol. The van der Waals surface area contributed by atoms with Gasteiger partial charge in [0.15, 0.2) is 5.75 Å². The molecule has 0 atom stereocenters. The number of rotatable bonds is 3. The number of nitrogens with zero attached hydrogens (tertiary/aromatic N) is 2. The molecule has 0 aliphatic carbocycles. The van der Waals surface area contributed by atoms with Gasteiger partial charge in [0, 0.05) is 0 Å². The van der Waals surface area contributed by atoms with E-state index in [1.54, 1.807) is 30.3 Å². The summed E-state index contributed by atoms with van der Waals surface area (Å²) in [5.74, 6) is -0.962. The number of hydrogen-bond acceptors (Lipinski definition) is 4. The van der Waals surface area contributed by atoms with Gasteiger partial charge in [0.2, 0.25) is 0 Å². The van der Waals surface area contributed by atoms with E-state index < -0.39 is 5.91 Å². The first-order chi connectivity index (χ1) is 10.7. The van der Waals surface area contributed by atoms with Crippen LogP contribution in [0.4, 0.5) is 11.4 Å². The molecule has 1 amide bonds. The van der Waals surface area contributed by atoms with Crippen molar-refractivity contribution in [3.8, 4) is 5.75 Å². The minimum absolute atomic E-state index is 0.0557. The first-order valence-corrected chi connectivity index (χ1v) is 6.68. The minimum Gasteiger partial charge on any atom is -0.505 e. The normalized spacial score (nSPS) is 11.1. The van der Waals surface area contributed by atoms with Crippen molar-refractivity contribution in [1.82, 2.24) is 0 Å². The lowest BCUT2D eigenvalue weighted by Crippen LogP contribution is -2.11. The zero-order chi connectivity index (χ0) is 15.5. The zero-order valence-corrected chi connectivity index (χ0v) is 11.6. The molecule has 3 aromatic carbocycles. The zero-order valence-electron chi connectivity index (χ0n) is 11.6. The number of aromatic hydroxyl groups is 1. The molecule has 0 radical (unpaired) electrons. The van der Waals surface area contributed by atoms with Gasteiger partial charge in [-0.1, -0.05) is 42.5 Å². The second kappa shape index (κ2) is 5.65. The molecule has 0 heterocycles. The van der Waals surface area contributed by atoms with Crippen LogP contribution < -0.4 is 5.73 Å². The van der Waals surface area contributed by atoms with Crippen LogP contribution in [0.25, 0.3) is 10.8 Å². The van der Waals surface area contributed by atoms with Crippen LogP contribution >= 0.6 is 0 Å². The Bertz CT molecular complexity index is 874. The summed E-state index contributed by atoms with van der Waals surface area (Å²) in [6.45, 7) is 0. The van der Waals surface area contributed by atoms with Crippen molar-refractivity contribution in [2.45, 2.75) is 0 Å². The fraction of sp³-hybridized carbons (Fsp3) is 0. The van der Waals surface area contributed by atoms with E-state index in [1.807, 2.05) is 30.3 Å². The molecule has 0 saturated heterocycles. The molecule has 0 unspecified atom stereocenters. The lowest BCUT2D eigenvalue weighted by Gasteiger charge is -2.08. The molecular formula is C17H13N3O2. The number of carbonyl (C=O) groups excluding carboxylic acids is 1. The third-order valence-electron chi connectivity index (χ3n) is 3.28. The van der Waals surface area contributed by atoms with Crippen LogP contribution in [0.5, 0.6) is 5.75 Å². The molecule has 5 nitrogen and oxygen atoms in total. The van der Waals surface area contributed by atoms with Gasteiger partial charge in [0.25, 0.3) is 5.91 Å². The summed E-state index contributed by atoms with van der Waals surface area (Å²) < 4.78 is 0. The van der Waals surface area contributed by atoms with E-state index in [0.717, 1.165) is 5.39 Å². The molecule has 0 fully saturated rings. The van der Waals surface area contributed by atoms with Crippen molar-refractivity contribution in [3.63, 3.8) is 0 Å². The van der Waals surface area contributed by atoms with Gasteiger partial charge in [-0.25, -0.2) is 0 Å². The predicted octanol–water partition coefficient (Wildman–Crippen LogP) is 4.06. The average molecular weight is 291 g/mol. The van der Waals surface area contributed by atoms with E-state index in [-0.39, 0.29) is 17.0 Å². The van der Waals surface area contributed by atoms with Gasteiger partial charge in [-0.3, -0.25) is 4.79 Å². The minimum atomic E-state index is -0.703. The Balaban J connectivity index is 2.16. The highest BCUT2D eigenvalue weighted by atomic mass is 16.3. The monoisotopic (exact) mass is 291 g/mol. The number of amides is 1. The first kappa shape index (κ1) is 13.8. The van der Waals surface area contributed by atoms with Crippen LogP contribution in [0.15, 0.2) is 70.9 Å². The second-order valence-electron chi connectivity index (χ2n) is 4.74. The van der Waals surface area contributed by atoms with Crippen molar-refractivity contribution >= 4 is 28.1 Å². The molecule has 5 heteroatoms. The number of primary amides is 1. The topological polar surface area (TPSA) is 88.0 Å². The van der Waals surface area contributed by atoms with Gasteiger partial charge in [-0.15, -0.1) is 5.11 Å². The van der Waals surface area contributed by atoms with Gasteiger partial charge in [0.1, 0.15) is 5.69 Å². The molecule has 3 aromatic rings. The van der Waals surface area contributed by atoms with Crippen molar-refractivity contribution in [2.24, 2.45) is 16.0 Å². The first-order valence-electron chi connectivity index (χ1n) is 6.68. The molecule has 3 N–H and O–H groups in total. The third kappa shape index (κ3) is 2.52. The van der Waals surface area contributed by atoms with Crippen molar-refractivity contribution in [1.29, 1.82) is 0 Å². The Labute approximate surface area is 126 Å². The Morgan fingerprint density at radius 1 is 0.955 bits per heavy atom. The van der Waals surface area contributed by atoms with Crippen LogP contribution in [0.2, 0.25) is 0 Å². The fourth-order valence-electron chi connectivity index (χ4n) is 2.25. The summed E-state index contributed by atoms with van der Waals surface area (Å²) in [6, 6.07) is 18.0. The number of hydrogen-bond donors (Lipinski definition) is 2. The van der Waals surface area contributed by atoms with Gasteiger partial charge >= 0.3 is 0 Å². The van der Waals surface area contributed by atoms with Crippen LogP contribution in [0.1, 0.15) is 10.4 Å². The Kier molecular flexibility index (Phi) is 3.53. The van der Waals surface area contributed by atoms with Crippen LogP contribution in [0, 0.1) is 0 Å². The van der Waals surface area contributed by atoms with E-state index in [0.29, 0.717) is 11.1 Å². The molecule has 0 spiro atoms. The molecule has 3 rings (SSSR count). The van der Waals surface area contributed by atoms with Crippen molar-refractivity contribution in [3.05, 3.63) is 66.2 Å². The van der Waals surface area contributed by atoms with Crippen LogP contribution in [-0.4, -0.2) is 11.0 Å². The Morgan fingerprint density at radius 3 is 2.36 bits per heavy atom. The summed E-state index contributed by atoms with van der Waals surface area (Å²) in [4.78, 5) is 11.7. The molecule has 0 aliphatic heterocycles. The van der Waals surface area contributed by atoms with Crippen molar-refractivity contribution < 1.29 is 9.90 Å². The number of phenols is 1. The van der Waals surface area contributed by atoms with Gasteiger partial charge in [0.05, 0.1) is 11.3 Å². The number of fused-ring (bicyclic) bond motifs is 1. The standard InChI is InChI=1S/C17H13N3O2/c18-17(22)15-13-9-5-4-6-11(13)10-14(16(15)21)20-19-12-7-2-1-3-8-12/h1-10,21H,(H2,18,22). The molecular weight excluding hydrogens is 278 g/mol. The smallest absolute Gasteiger partial charge is 0.253 e. The number of azo groups is 1. The lowest BCUT2D eigenvalue weighted by molar-refractivity contribution is 0.0999. The van der Waals surface area contributed by atoms with Gasteiger partial charge < -0.3 is 10.8 Å². The molecule has 0 aliphatic rings. The number of carbonyl (C=O) groups is 1. The molecule has 0 bridgehead atoms.